The summed E-state index contributed by atoms with van der Waals surface area (Å²) in [5, 5.41) is 4.80. The topological polar surface area (TPSA) is 98.9 Å². The zero-order chi connectivity index (χ0) is 28.5. The van der Waals surface area contributed by atoms with Crippen LogP contribution in [0.2, 0.25) is 0 Å². The SMILES string of the molecule is c1ccc(P(CCP(=NS2=NSN=S=N2)(c2ccccc2)c2ccccc2)(=NS2=NSN=S=N2)c2ccccc2)cc1. The summed E-state index contributed by atoms with van der Waals surface area (Å²) >= 11 is 3.02. The first-order chi connectivity index (χ1) is 20.8. The minimum absolute atomic E-state index is 0.783. The summed E-state index contributed by atoms with van der Waals surface area (Å²) in [5.41, 5.74) is 0. The molecule has 4 aromatic carbocycles. The first kappa shape index (κ1) is 30.0. The van der Waals surface area contributed by atoms with Gasteiger partial charge in [-0.05, 0) is 33.5 Å². The van der Waals surface area contributed by atoms with E-state index in [0.29, 0.717) is 0 Å². The molecular formula is C26H24N8P2S6. The van der Waals surface area contributed by atoms with Crippen LogP contribution in [0.15, 0.2) is 152 Å². The molecule has 42 heavy (non-hydrogen) atoms. The second-order valence-corrected chi connectivity index (χ2v) is 21.3. The molecule has 0 aliphatic carbocycles. The van der Waals surface area contributed by atoms with Gasteiger partial charge < -0.3 is 0 Å². The lowest BCUT2D eigenvalue weighted by molar-refractivity contribution is 1.47. The molecule has 4 aromatic rings. The van der Waals surface area contributed by atoms with Gasteiger partial charge in [0.05, 0.1) is 22.7 Å². The monoisotopic (exact) mass is 702 g/mol. The molecule has 0 bridgehead atoms. The smallest absolute Gasteiger partial charge is 0.165 e. The van der Waals surface area contributed by atoms with Gasteiger partial charge in [0.2, 0.25) is 0 Å². The van der Waals surface area contributed by atoms with Gasteiger partial charge in [0.1, 0.15) is 24.3 Å². The Morgan fingerprint density at radius 2 is 0.786 bits per heavy atom. The molecule has 0 radical (unpaired) electrons. The van der Waals surface area contributed by atoms with Gasteiger partial charge in [-0.25, -0.2) is 0 Å². The third kappa shape index (κ3) is 6.87. The van der Waals surface area contributed by atoms with Crippen molar-refractivity contribution in [3.8, 4) is 0 Å². The van der Waals surface area contributed by atoms with Crippen molar-refractivity contribution in [2.75, 3.05) is 12.3 Å². The summed E-state index contributed by atoms with van der Waals surface area (Å²) in [5.74, 6) is 0. The Labute approximate surface area is 267 Å². The molecule has 2 aliphatic rings. The molecular weight excluding hydrogens is 679 g/mol. The Morgan fingerprint density at radius 1 is 0.476 bits per heavy atom. The standard InChI is InChI=1S/C26H24N8P2S6/c1-5-13-23(14-6-1)35(24-15-7-2-8-16-24,27-41-31-37-29-38-32-41)21-22-36(25-17-9-3-10-18-25,26-19-11-4-12-20-26)28-42-33-39-30-40-34-42/h1-20H,21-22H2. The summed E-state index contributed by atoms with van der Waals surface area (Å²) in [6.07, 6.45) is 1.57. The van der Waals surface area contributed by atoms with Crippen molar-refractivity contribution in [2.45, 2.75) is 0 Å². The van der Waals surface area contributed by atoms with Crippen LogP contribution in [0.3, 0.4) is 0 Å². The van der Waals surface area contributed by atoms with E-state index >= 15 is 0 Å². The van der Waals surface area contributed by atoms with Crippen LogP contribution < -0.4 is 21.2 Å². The van der Waals surface area contributed by atoms with Gasteiger partial charge in [-0.3, -0.25) is 0 Å². The van der Waals surface area contributed by atoms with E-state index in [1.54, 1.807) is 0 Å². The predicted octanol–water partition coefficient (Wildman–Crippen LogP) is 8.01. The maximum atomic E-state index is 5.56. The molecule has 0 N–H and O–H groups in total. The predicted molar refractivity (Wildman–Crippen MR) is 192 cm³/mol. The molecule has 16 heteroatoms. The lowest BCUT2D eigenvalue weighted by Gasteiger charge is -2.31. The van der Waals surface area contributed by atoms with Gasteiger partial charge in [0.25, 0.3) is 0 Å². The first-order valence-electron chi connectivity index (χ1n) is 12.6. The molecule has 2 aliphatic heterocycles. The molecule has 0 saturated heterocycles. The highest BCUT2D eigenvalue weighted by molar-refractivity contribution is 8.10. The molecule has 0 amide bonds. The normalized spacial score (nSPS) is 18.1. The molecule has 0 fully saturated rings. The van der Waals surface area contributed by atoms with Gasteiger partial charge in [0.15, 0.2) is 22.1 Å². The minimum atomic E-state index is -2.40. The molecule has 0 spiro atoms. The highest BCUT2D eigenvalue weighted by Gasteiger charge is 2.33. The van der Waals surface area contributed by atoms with Crippen LogP contribution in [0.25, 0.3) is 0 Å². The van der Waals surface area contributed by atoms with Crippen LogP contribution in [0.1, 0.15) is 0 Å². The van der Waals surface area contributed by atoms with Crippen molar-refractivity contribution in [2.24, 2.45) is 30.9 Å². The van der Waals surface area contributed by atoms with E-state index in [1.165, 1.54) is 68.2 Å². The van der Waals surface area contributed by atoms with E-state index in [4.69, 9.17) is 8.30 Å². The summed E-state index contributed by atoms with van der Waals surface area (Å²) in [6, 6.07) is 42.6. The fraction of sp³-hybridized carbons (Fsp3) is 0.0769. The highest BCUT2D eigenvalue weighted by atomic mass is 32.3. The number of rotatable bonds is 9. The lowest BCUT2D eigenvalue weighted by atomic mass is 10.4. The number of hydrogen-bond acceptors (Lipinski definition) is 10. The fourth-order valence-corrected chi connectivity index (χ4v) is 20.2. The first-order valence-corrected chi connectivity index (χ1v) is 21.6. The zero-order valence-corrected chi connectivity index (χ0v) is 28.6. The molecule has 0 aromatic heterocycles. The van der Waals surface area contributed by atoms with Crippen LogP contribution in [0.4, 0.5) is 0 Å². The summed E-state index contributed by atoms with van der Waals surface area (Å²) in [6.45, 7) is 0. The van der Waals surface area contributed by atoms with Gasteiger partial charge in [-0.1, -0.05) is 121 Å². The average molecular weight is 703 g/mol. The molecule has 8 nitrogen and oxygen atoms in total. The third-order valence-corrected chi connectivity index (χ3v) is 20.8. The summed E-state index contributed by atoms with van der Waals surface area (Å²) in [7, 11) is -4.80. The Kier molecular flexibility index (Phi) is 10.5. The Bertz CT molecular complexity index is 1650. The average Bonchev–Trinajstić information content (AvgIpc) is 3.08. The molecule has 2 unspecified atom stereocenters. The van der Waals surface area contributed by atoms with Gasteiger partial charge >= 0.3 is 0 Å². The van der Waals surface area contributed by atoms with Crippen LogP contribution in [0, 0.1) is 0 Å². The Morgan fingerprint density at radius 3 is 1.05 bits per heavy atom. The van der Waals surface area contributed by atoms with Crippen molar-refractivity contribution in [3.05, 3.63) is 121 Å². The van der Waals surface area contributed by atoms with Crippen molar-refractivity contribution < 1.29 is 0 Å². The number of nitrogens with zero attached hydrogens (tertiary/aromatic N) is 8. The maximum Gasteiger partial charge on any atom is 0.165 e. The van der Waals surface area contributed by atoms with E-state index in [0.717, 1.165) is 12.3 Å². The Hall–Kier alpha value is -2.02. The van der Waals surface area contributed by atoms with Crippen LogP contribution in [-0.2, 0) is 44.8 Å². The van der Waals surface area contributed by atoms with E-state index < -0.39 is 36.2 Å². The second-order valence-electron chi connectivity index (χ2n) is 8.76. The molecule has 2 atom stereocenters. The molecule has 6 rings (SSSR count). The van der Waals surface area contributed by atoms with E-state index in [1.807, 2.05) is 0 Å². The number of hydrogen-bond donors (Lipinski definition) is 0. The summed E-state index contributed by atoms with van der Waals surface area (Å²) in [4.78, 5) is 0. The zero-order valence-electron chi connectivity index (χ0n) is 21.9. The largest absolute Gasteiger partial charge is 0.195 e. The van der Waals surface area contributed by atoms with Crippen LogP contribution in [-0.4, -0.2) is 12.3 Å². The third-order valence-electron chi connectivity index (χ3n) is 6.44. The fourth-order valence-electron chi connectivity index (χ4n) is 4.61. The van der Waals surface area contributed by atoms with Crippen LogP contribution >= 0.6 is 38.4 Å². The lowest BCUT2D eigenvalue weighted by Crippen LogP contribution is -2.25. The van der Waals surface area contributed by atoms with Crippen molar-refractivity contribution in [1.29, 1.82) is 0 Å². The summed E-state index contributed by atoms with van der Waals surface area (Å²) < 4.78 is 37.9. The Balaban J connectivity index is 1.62. The van der Waals surface area contributed by atoms with E-state index in [2.05, 4.69) is 144 Å². The van der Waals surface area contributed by atoms with Gasteiger partial charge in [0, 0.05) is 14.1 Å². The van der Waals surface area contributed by atoms with Crippen molar-refractivity contribution in [3.63, 3.8) is 0 Å². The highest BCUT2D eigenvalue weighted by Crippen LogP contribution is 2.56. The van der Waals surface area contributed by atoms with E-state index in [9.17, 15) is 0 Å². The van der Waals surface area contributed by atoms with Crippen LogP contribution in [0.5, 0.6) is 0 Å². The molecule has 2 heterocycles. The molecule has 0 saturated carbocycles. The van der Waals surface area contributed by atoms with Gasteiger partial charge in [-0.2, -0.15) is 8.30 Å². The maximum absolute atomic E-state index is 5.56. The van der Waals surface area contributed by atoms with Crippen molar-refractivity contribution >= 4 is 104 Å². The minimum Gasteiger partial charge on any atom is -0.195 e. The second kappa shape index (κ2) is 14.6. The van der Waals surface area contributed by atoms with E-state index in [-0.39, 0.29) is 0 Å². The van der Waals surface area contributed by atoms with Crippen molar-refractivity contribution in [1.82, 2.24) is 0 Å². The molecule has 214 valence electrons. The van der Waals surface area contributed by atoms with Gasteiger partial charge in [-0.15, -0.1) is 22.6 Å². The quantitative estimate of drug-likeness (QED) is 0.130. The number of benzene rings is 4.